The fourth-order valence-corrected chi connectivity index (χ4v) is 4.01. The second-order valence-corrected chi connectivity index (χ2v) is 7.42. The van der Waals surface area contributed by atoms with Gasteiger partial charge in [0.05, 0.1) is 0 Å². The molecule has 0 atom stereocenters. The molecule has 0 radical (unpaired) electrons. The fourth-order valence-electron chi connectivity index (χ4n) is 4.01. The molecule has 0 aliphatic heterocycles. The van der Waals surface area contributed by atoms with E-state index in [0.29, 0.717) is 5.41 Å². The van der Waals surface area contributed by atoms with Crippen molar-refractivity contribution < 1.29 is 0 Å². The second kappa shape index (κ2) is 7.22. The molecule has 2 saturated carbocycles. The molecular weight excluding hydrogens is 240 g/mol. The lowest BCUT2D eigenvalue weighted by Crippen LogP contribution is -2.29. The monoisotopic (exact) mass is 270 g/mol. The fraction of sp³-hybridized carbons (Fsp3) is 0.800. The Morgan fingerprint density at radius 3 is 2.05 bits per heavy atom. The van der Waals surface area contributed by atoms with Crippen LogP contribution in [-0.4, -0.2) is 0 Å². The van der Waals surface area contributed by atoms with Crippen molar-refractivity contribution in [2.45, 2.75) is 78.6 Å². The Labute approximate surface area is 126 Å². The maximum Gasteiger partial charge on any atom is 0.0327 e. The lowest BCUT2D eigenvalue weighted by molar-refractivity contribution is 0.151. The molecule has 0 heteroatoms. The molecular formula is C20H30. The molecule has 110 valence electrons. The van der Waals surface area contributed by atoms with E-state index >= 15 is 0 Å². The lowest BCUT2D eigenvalue weighted by Gasteiger charge is -2.39. The molecule has 2 fully saturated rings. The predicted octanol–water partition coefficient (Wildman–Crippen LogP) is 5.43. The highest BCUT2D eigenvalue weighted by atomic mass is 14.4. The van der Waals surface area contributed by atoms with Gasteiger partial charge in [-0.3, -0.25) is 0 Å². The van der Waals surface area contributed by atoms with E-state index < -0.39 is 0 Å². The highest BCUT2D eigenvalue weighted by molar-refractivity contribution is 5.28. The number of hydrogen-bond donors (Lipinski definition) is 0. The average Bonchev–Trinajstić information content (AvgIpc) is 2.45. The molecule has 0 unspecified atom stereocenters. The summed E-state index contributed by atoms with van der Waals surface area (Å²) in [6.07, 6.45) is 12.4. The van der Waals surface area contributed by atoms with Gasteiger partial charge < -0.3 is 0 Å². The van der Waals surface area contributed by atoms with Gasteiger partial charge in [-0.15, -0.1) is 0 Å². The van der Waals surface area contributed by atoms with Crippen LogP contribution in [0.3, 0.4) is 0 Å². The Balaban J connectivity index is 2.02. The summed E-state index contributed by atoms with van der Waals surface area (Å²) in [4.78, 5) is 0. The number of rotatable bonds is 2. The summed E-state index contributed by atoms with van der Waals surface area (Å²) >= 11 is 0. The van der Waals surface area contributed by atoms with E-state index in [1.165, 1.54) is 57.8 Å². The first-order valence-electron chi connectivity index (χ1n) is 8.57. The topological polar surface area (TPSA) is 0 Å². The van der Waals surface area contributed by atoms with Gasteiger partial charge in [0.1, 0.15) is 0 Å². The molecule has 0 aromatic carbocycles. The zero-order valence-corrected chi connectivity index (χ0v) is 13.6. The molecule has 0 spiro atoms. The van der Waals surface area contributed by atoms with Crippen LogP contribution < -0.4 is 0 Å². The summed E-state index contributed by atoms with van der Waals surface area (Å²) in [7, 11) is 0. The minimum absolute atomic E-state index is 0.293. The van der Waals surface area contributed by atoms with E-state index in [0.717, 1.165) is 17.8 Å². The second-order valence-electron chi connectivity index (χ2n) is 7.42. The smallest absolute Gasteiger partial charge is 0.0327 e. The van der Waals surface area contributed by atoms with Crippen LogP contribution in [0.5, 0.6) is 0 Å². The summed E-state index contributed by atoms with van der Waals surface area (Å²) in [5.41, 5.74) is 0.293. The quantitative estimate of drug-likeness (QED) is 0.587. The molecule has 0 N–H and O–H groups in total. The molecule has 2 aliphatic rings. The van der Waals surface area contributed by atoms with Gasteiger partial charge in [0.2, 0.25) is 0 Å². The van der Waals surface area contributed by atoms with Crippen LogP contribution in [0.2, 0.25) is 0 Å². The predicted molar refractivity (Wildman–Crippen MR) is 87.0 cm³/mol. The van der Waals surface area contributed by atoms with Gasteiger partial charge in [0.25, 0.3) is 0 Å². The normalized spacial score (nSPS) is 37.2. The molecule has 20 heavy (non-hydrogen) atoms. The first kappa shape index (κ1) is 15.5. The maximum atomic E-state index is 3.59. The summed E-state index contributed by atoms with van der Waals surface area (Å²) < 4.78 is 0. The Kier molecular flexibility index (Phi) is 5.60. The zero-order valence-electron chi connectivity index (χ0n) is 13.6. The van der Waals surface area contributed by atoms with E-state index in [-0.39, 0.29) is 0 Å². The van der Waals surface area contributed by atoms with Crippen molar-refractivity contribution in [1.82, 2.24) is 0 Å². The van der Waals surface area contributed by atoms with Crippen molar-refractivity contribution in [3.05, 3.63) is 0 Å². The van der Waals surface area contributed by atoms with Gasteiger partial charge in [0.15, 0.2) is 0 Å². The summed E-state index contributed by atoms with van der Waals surface area (Å²) in [6, 6.07) is 0. The first-order chi connectivity index (χ1) is 9.63. The molecule has 0 heterocycles. The van der Waals surface area contributed by atoms with Crippen LogP contribution in [0.25, 0.3) is 0 Å². The zero-order chi connectivity index (χ0) is 14.4. The molecule has 0 aromatic heterocycles. The minimum Gasteiger partial charge on any atom is -0.0925 e. The van der Waals surface area contributed by atoms with Crippen molar-refractivity contribution in [2.24, 2.45) is 23.2 Å². The summed E-state index contributed by atoms with van der Waals surface area (Å²) in [5.74, 6) is 15.4. The Hall–Kier alpha value is -0.880. The van der Waals surface area contributed by atoms with Crippen molar-refractivity contribution in [3.63, 3.8) is 0 Å². The van der Waals surface area contributed by atoms with Crippen molar-refractivity contribution >= 4 is 0 Å². The van der Waals surface area contributed by atoms with Gasteiger partial charge >= 0.3 is 0 Å². The minimum atomic E-state index is 0.293. The van der Waals surface area contributed by atoms with E-state index in [4.69, 9.17) is 0 Å². The lowest BCUT2D eigenvalue weighted by atomic mass is 9.65. The van der Waals surface area contributed by atoms with Gasteiger partial charge in [-0.05, 0) is 68.6 Å². The highest BCUT2D eigenvalue weighted by Crippen LogP contribution is 2.46. The third kappa shape index (κ3) is 4.31. The molecule has 0 bridgehead atoms. The SMILES string of the molecule is CC#CC#CC1(CC2CCC(C)CC2)CCC(C)CC1. The highest BCUT2D eigenvalue weighted by Gasteiger charge is 2.35. The van der Waals surface area contributed by atoms with Gasteiger partial charge in [-0.1, -0.05) is 51.4 Å². The van der Waals surface area contributed by atoms with Crippen LogP contribution >= 0.6 is 0 Å². The third-order valence-corrected chi connectivity index (χ3v) is 5.56. The summed E-state index contributed by atoms with van der Waals surface area (Å²) in [6.45, 7) is 6.68. The average molecular weight is 270 g/mol. The molecule has 2 rings (SSSR count). The van der Waals surface area contributed by atoms with Crippen LogP contribution in [0, 0.1) is 46.9 Å². The van der Waals surface area contributed by atoms with E-state index in [2.05, 4.69) is 37.5 Å². The van der Waals surface area contributed by atoms with E-state index in [1.54, 1.807) is 0 Å². The maximum absolute atomic E-state index is 3.59. The van der Waals surface area contributed by atoms with E-state index in [1.807, 2.05) is 6.92 Å². The Morgan fingerprint density at radius 2 is 1.45 bits per heavy atom. The molecule has 0 nitrogen and oxygen atoms in total. The third-order valence-electron chi connectivity index (χ3n) is 5.56. The summed E-state index contributed by atoms with van der Waals surface area (Å²) in [5, 5.41) is 0. The Bertz CT molecular complexity index is 406. The molecule has 0 saturated heterocycles. The van der Waals surface area contributed by atoms with Crippen molar-refractivity contribution in [3.8, 4) is 23.7 Å². The van der Waals surface area contributed by atoms with Crippen LogP contribution in [0.4, 0.5) is 0 Å². The van der Waals surface area contributed by atoms with Gasteiger partial charge in [-0.25, -0.2) is 0 Å². The van der Waals surface area contributed by atoms with Gasteiger partial charge in [0, 0.05) is 5.41 Å². The number of hydrogen-bond acceptors (Lipinski definition) is 0. The van der Waals surface area contributed by atoms with Crippen LogP contribution in [0.1, 0.15) is 78.6 Å². The first-order valence-corrected chi connectivity index (χ1v) is 8.57. The molecule has 0 aromatic rings. The standard InChI is InChI=1S/C20H30/c1-4-5-6-13-20(14-11-18(3)12-15-20)16-19-9-7-17(2)8-10-19/h17-19H,7-12,14-16H2,1-3H3. The van der Waals surface area contributed by atoms with Crippen LogP contribution in [0.15, 0.2) is 0 Å². The van der Waals surface area contributed by atoms with Gasteiger partial charge in [-0.2, -0.15) is 0 Å². The Morgan fingerprint density at radius 1 is 0.850 bits per heavy atom. The molecule has 2 aliphatic carbocycles. The van der Waals surface area contributed by atoms with Crippen molar-refractivity contribution in [2.75, 3.05) is 0 Å². The van der Waals surface area contributed by atoms with Crippen molar-refractivity contribution in [1.29, 1.82) is 0 Å². The largest absolute Gasteiger partial charge is 0.0925 e. The van der Waals surface area contributed by atoms with Crippen LogP contribution in [-0.2, 0) is 0 Å². The van der Waals surface area contributed by atoms with E-state index in [9.17, 15) is 0 Å². The molecule has 0 amide bonds.